The molecule has 14 heavy (non-hydrogen) atoms. The smallest absolute Gasteiger partial charge is 0.174 e. The zero-order valence-corrected chi connectivity index (χ0v) is 10.6. The maximum atomic E-state index is 11.9. The molecule has 0 saturated carbocycles. The van der Waals surface area contributed by atoms with Crippen LogP contribution in [0.25, 0.3) is 0 Å². The number of halogens is 1. The van der Waals surface area contributed by atoms with Crippen molar-refractivity contribution in [2.45, 2.75) is 0 Å². The second-order valence-corrected chi connectivity index (χ2v) is 14.0. The van der Waals surface area contributed by atoms with Gasteiger partial charge >= 0.3 is 0 Å². The number of carbonyl (C=O) groups is 1. The molecular weight excluding hydrogens is 264 g/mol. The summed E-state index contributed by atoms with van der Waals surface area (Å²) in [7, 11) is -2.91. The Balaban J connectivity index is 2.86. The third-order valence-electron chi connectivity index (χ3n) is 1.63. The summed E-state index contributed by atoms with van der Waals surface area (Å²) in [6.45, 7) is 0. The number of Topliss-reactive ketones (excluding diaryl/α,β-unsaturated/α-hetero) is 1. The van der Waals surface area contributed by atoms with Crippen LogP contribution in [0.5, 0.6) is 0 Å². The predicted octanol–water partition coefficient (Wildman–Crippen LogP) is 2.26. The molecule has 0 bridgehead atoms. The molecule has 0 unspecified atom stereocenters. The Kier molecular flexibility index (Phi) is 2.97. The van der Waals surface area contributed by atoms with Gasteiger partial charge in [-0.25, -0.2) is 0 Å². The van der Waals surface area contributed by atoms with Crippen molar-refractivity contribution in [1.29, 1.82) is 0 Å². The average molecular weight is 277 g/mol. The summed E-state index contributed by atoms with van der Waals surface area (Å²) in [5.74, 6) is -0.0502. The first-order chi connectivity index (χ1) is 6.24. The van der Waals surface area contributed by atoms with E-state index in [-0.39, 0.29) is 11.5 Å². The van der Waals surface area contributed by atoms with Gasteiger partial charge in [0.25, 0.3) is 0 Å². The number of hydrogen-bond donors (Lipinski definition) is 0. The highest BCUT2D eigenvalue weighted by Gasteiger charge is 2.25. The first-order valence-electron chi connectivity index (χ1n) is 4.14. The molecule has 0 aliphatic rings. The van der Waals surface area contributed by atoms with E-state index in [0.29, 0.717) is 5.56 Å². The van der Waals surface area contributed by atoms with Gasteiger partial charge < -0.3 is 0 Å². The zero-order chi connectivity index (χ0) is 10.8. The van der Waals surface area contributed by atoms with E-state index in [1.54, 1.807) is 36.8 Å². The lowest BCUT2D eigenvalue weighted by Crippen LogP contribution is -2.30. The minimum Gasteiger partial charge on any atom is -0.293 e. The Morgan fingerprint density at radius 2 is 1.79 bits per heavy atom. The van der Waals surface area contributed by atoms with Gasteiger partial charge in [0.2, 0.25) is 0 Å². The topological polar surface area (TPSA) is 34.1 Å². The van der Waals surface area contributed by atoms with Gasteiger partial charge in [0.1, 0.15) is 0 Å². The fourth-order valence-electron chi connectivity index (χ4n) is 1.07. The molecule has 1 aromatic carbocycles. The lowest BCUT2D eigenvalue weighted by Gasteiger charge is -2.24. The predicted molar refractivity (Wildman–Crippen MR) is 64.6 cm³/mol. The molecule has 0 spiro atoms. The Morgan fingerprint density at radius 1 is 1.29 bits per heavy atom. The standard InChI is InChI=1S/C10H13BrO2S/c1-14(2,11,13)8-10(12)9-6-4-3-5-7-9/h3-7H,8H2,1-2H3. The maximum absolute atomic E-state index is 11.9. The third kappa shape index (κ3) is 4.15. The van der Waals surface area contributed by atoms with Gasteiger partial charge in [-0.3, -0.25) is 9.00 Å². The Hall–Kier alpha value is -0.480. The van der Waals surface area contributed by atoms with Gasteiger partial charge in [-0.15, -0.1) is 0 Å². The van der Waals surface area contributed by atoms with Crippen LogP contribution < -0.4 is 0 Å². The van der Waals surface area contributed by atoms with Crippen LogP contribution in [-0.4, -0.2) is 28.3 Å². The zero-order valence-electron chi connectivity index (χ0n) is 8.20. The van der Waals surface area contributed by atoms with Crippen molar-refractivity contribution in [3.63, 3.8) is 0 Å². The molecule has 0 aliphatic carbocycles. The van der Waals surface area contributed by atoms with Crippen molar-refractivity contribution < 1.29 is 9.00 Å². The SMILES string of the molecule is CS(C)(=O)(Br)CC(=O)c1ccccc1. The molecular formula is C10H13BrO2S. The van der Waals surface area contributed by atoms with E-state index in [9.17, 15) is 9.00 Å². The fraction of sp³-hybridized carbons (Fsp3) is 0.300. The largest absolute Gasteiger partial charge is 0.293 e. The molecule has 1 rings (SSSR count). The van der Waals surface area contributed by atoms with Gasteiger partial charge in [0.05, 0.1) is 5.75 Å². The van der Waals surface area contributed by atoms with Crippen LogP contribution in [0.15, 0.2) is 30.3 Å². The number of benzene rings is 1. The van der Waals surface area contributed by atoms with Crippen molar-refractivity contribution in [2.75, 3.05) is 18.3 Å². The van der Waals surface area contributed by atoms with Gasteiger partial charge in [-0.2, -0.15) is 0 Å². The lowest BCUT2D eigenvalue weighted by atomic mass is 10.2. The van der Waals surface area contributed by atoms with Gasteiger partial charge in [-0.05, 0) is 22.3 Å². The van der Waals surface area contributed by atoms with E-state index < -0.39 is 7.50 Å². The molecule has 0 atom stereocenters. The van der Waals surface area contributed by atoms with Crippen molar-refractivity contribution in [3.05, 3.63) is 35.9 Å². The minimum atomic E-state index is -2.91. The van der Waals surface area contributed by atoms with E-state index in [1.165, 1.54) is 0 Å². The Bertz CT molecular complexity index is 394. The van der Waals surface area contributed by atoms with Crippen molar-refractivity contribution in [1.82, 2.24) is 0 Å². The van der Waals surface area contributed by atoms with Crippen molar-refractivity contribution in [2.24, 2.45) is 0 Å². The Labute approximate surface area is 91.3 Å². The summed E-state index contributed by atoms with van der Waals surface area (Å²) >= 11 is 3.11. The van der Waals surface area contributed by atoms with Crippen LogP contribution in [0, 0.1) is 0 Å². The Morgan fingerprint density at radius 3 is 2.21 bits per heavy atom. The number of carbonyl (C=O) groups excluding carboxylic acids is 1. The molecule has 0 heterocycles. The summed E-state index contributed by atoms with van der Waals surface area (Å²) in [6.07, 6.45) is 3.14. The summed E-state index contributed by atoms with van der Waals surface area (Å²) in [5, 5.41) is 0. The minimum absolute atomic E-state index is 0.0429. The average Bonchev–Trinajstić information content (AvgIpc) is 2.01. The molecule has 78 valence electrons. The monoisotopic (exact) mass is 276 g/mol. The van der Waals surface area contributed by atoms with Gasteiger partial charge in [0, 0.05) is 18.1 Å². The summed E-state index contributed by atoms with van der Waals surface area (Å²) in [5.41, 5.74) is 0.606. The van der Waals surface area contributed by atoms with Crippen LogP contribution in [0.3, 0.4) is 0 Å². The van der Waals surface area contributed by atoms with Crippen molar-refractivity contribution in [3.8, 4) is 0 Å². The molecule has 0 fully saturated rings. The molecule has 0 aromatic heterocycles. The highest BCUT2D eigenvalue weighted by molar-refractivity contribution is 9.53. The first-order valence-corrected chi connectivity index (χ1v) is 8.94. The second kappa shape index (κ2) is 3.59. The lowest BCUT2D eigenvalue weighted by molar-refractivity contribution is 0.102. The molecule has 4 heteroatoms. The maximum Gasteiger partial charge on any atom is 0.174 e. The normalized spacial score (nSPS) is 14.4. The summed E-state index contributed by atoms with van der Waals surface area (Å²) in [6, 6.07) is 8.90. The third-order valence-corrected chi connectivity index (χ3v) is 3.38. The molecule has 0 saturated heterocycles. The molecule has 2 nitrogen and oxygen atoms in total. The highest BCUT2D eigenvalue weighted by atomic mass is 79.9. The quantitative estimate of drug-likeness (QED) is 0.627. The van der Waals surface area contributed by atoms with E-state index in [1.807, 2.05) is 6.07 Å². The second-order valence-electron chi connectivity index (χ2n) is 3.85. The van der Waals surface area contributed by atoms with Crippen LogP contribution in [-0.2, 0) is 7.50 Å². The molecule has 1 aromatic rings. The first kappa shape index (κ1) is 11.6. The van der Waals surface area contributed by atoms with E-state index in [4.69, 9.17) is 0 Å². The van der Waals surface area contributed by atoms with Crippen LogP contribution in [0.4, 0.5) is 0 Å². The van der Waals surface area contributed by atoms with E-state index in [0.717, 1.165) is 0 Å². The molecule has 0 aliphatic heterocycles. The van der Waals surface area contributed by atoms with E-state index >= 15 is 0 Å². The fourth-order valence-corrected chi connectivity index (χ4v) is 2.59. The van der Waals surface area contributed by atoms with Crippen LogP contribution >= 0.6 is 14.8 Å². The summed E-state index contributed by atoms with van der Waals surface area (Å²) in [4.78, 5) is 11.7. The number of hydrogen-bond acceptors (Lipinski definition) is 2. The molecule has 0 N–H and O–H groups in total. The van der Waals surface area contributed by atoms with Crippen LogP contribution in [0.2, 0.25) is 0 Å². The summed E-state index contributed by atoms with van der Waals surface area (Å²) < 4.78 is 11.9. The van der Waals surface area contributed by atoms with E-state index in [2.05, 4.69) is 14.8 Å². The van der Waals surface area contributed by atoms with Gasteiger partial charge in [-0.1, -0.05) is 30.3 Å². The number of rotatable bonds is 3. The molecule has 0 radical (unpaired) electrons. The highest BCUT2D eigenvalue weighted by Crippen LogP contribution is 2.27. The number of ketones is 1. The molecule has 0 amide bonds. The van der Waals surface area contributed by atoms with Gasteiger partial charge in [0.15, 0.2) is 5.78 Å². The van der Waals surface area contributed by atoms with Crippen LogP contribution in [0.1, 0.15) is 10.4 Å². The van der Waals surface area contributed by atoms with Crippen molar-refractivity contribution >= 4 is 28.1 Å².